The van der Waals surface area contributed by atoms with E-state index in [0.29, 0.717) is 29.3 Å². The zero-order chi connectivity index (χ0) is 15.4. The minimum atomic E-state index is -0.163. The summed E-state index contributed by atoms with van der Waals surface area (Å²) >= 11 is 5.85. The molecule has 1 heterocycles. The lowest BCUT2D eigenvalue weighted by molar-refractivity contribution is 0.395. The first kappa shape index (κ1) is 15.4. The first-order valence-corrected chi connectivity index (χ1v) is 7.07. The van der Waals surface area contributed by atoms with Crippen LogP contribution in [0.1, 0.15) is 12.5 Å². The molecule has 2 rings (SSSR count). The number of hydrogen-bond acceptors (Lipinski definition) is 4. The summed E-state index contributed by atoms with van der Waals surface area (Å²) in [6.45, 7) is 2.34. The van der Waals surface area contributed by atoms with Crippen LogP contribution in [0.5, 0.6) is 11.5 Å². The second kappa shape index (κ2) is 6.63. The standard InChI is InChI=1S/C15H17ClN2O3/c1-4-18-15(19)10(9-16)7-13(17-18)12-6-5-11(20-2)8-14(12)21-3/h5-8H,4,9H2,1-3H3. The maximum Gasteiger partial charge on any atom is 0.271 e. The number of nitrogens with zero attached hydrogens (tertiary/aromatic N) is 2. The van der Waals surface area contributed by atoms with Crippen molar-refractivity contribution in [3.05, 3.63) is 40.2 Å². The Morgan fingerprint density at radius 3 is 2.57 bits per heavy atom. The first-order valence-electron chi connectivity index (χ1n) is 6.54. The third-order valence-electron chi connectivity index (χ3n) is 3.18. The summed E-state index contributed by atoms with van der Waals surface area (Å²) in [5.41, 5.74) is 1.78. The van der Waals surface area contributed by atoms with Gasteiger partial charge >= 0.3 is 0 Å². The quantitative estimate of drug-likeness (QED) is 0.797. The van der Waals surface area contributed by atoms with Crippen molar-refractivity contribution in [1.82, 2.24) is 9.78 Å². The second-order valence-electron chi connectivity index (χ2n) is 4.38. The Balaban J connectivity index is 2.63. The molecule has 6 heteroatoms. The topological polar surface area (TPSA) is 53.4 Å². The van der Waals surface area contributed by atoms with Gasteiger partial charge < -0.3 is 9.47 Å². The Labute approximate surface area is 128 Å². The van der Waals surface area contributed by atoms with Gasteiger partial charge in [-0.1, -0.05) is 0 Å². The molecule has 0 saturated heterocycles. The number of aromatic nitrogens is 2. The predicted octanol–water partition coefficient (Wildman–Crippen LogP) is 2.69. The lowest BCUT2D eigenvalue weighted by Crippen LogP contribution is -2.25. The third kappa shape index (κ3) is 3.03. The van der Waals surface area contributed by atoms with Crippen LogP contribution in [0.4, 0.5) is 0 Å². The molecule has 112 valence electrons. The van der Waals surface area contributed by atoms with Crippen LogP contribution in [0.25, 0.3) is 11.3 Å². The summed E-state index contributed by atoms with van der Waals surface area (Å²) in [6, 6.07) is 7.15. The number of hydrogen-bond donors (Lipinski definition) is 0. The molecule has 0 saturated carbocycles. The van der Waals surface area contributed by atoms with Crippen LogP contribution in [-0.2, 0) is 12.4 Å². The van der Waals surface area contributed by atoms with E-state index < -0.39 is 0 Å². The molecular formula is C15H17ClN2O3. The van der Waals surface area contributed by atoms with E-state index in [1.807, 2.05) is 19.1 Å². The third-order valence-corrected chi connectivity index (χ3v) is 3.46. The Hall–Kier alpha value is -2.01. The van der Waals surface area contributed by atoms with Gasteiger partial charge in [0.25, 0.3) is 5.56 Å². The lowest BCUT2D eigenvalue weighted by Gasteiger charge is -2.12. The van der Waals surface area contributed by atoms with Crippen molar-refractivity contribution >= 4 is 11.6 Å². The fraction of sp³-hybridized carbons (Fsp3) is 0.333. The van der Waals surface area contributed by atoms with E-state index in [-0.39, 0.29) is 11.4 Å². The number of rotatable bonds is 5. The fourth-order valence-electron chi connectivity index (χ4n) is 2.05. The van der Waals surface area contributed by atoms with Gasteiger partial charge in [-0.15, -0.1) is 11.6 Å². The van der Waals surface area contributed by atoms with Crippen LogP contribution >= 0.6 is 11.6 Å². The van der Waals surface area contributed by atoms with E-state index in [1.165, 1.54) is 4.68 Å². The monoisotopic (exact) mass is 308 g/mol. The molecular weight excluding hydrogens is 292 g/mol. The molecule has 0 aliphatic carbocycles. The van der Waals surface area contributed by atoms with Crippen molar-refractivity contribution in [3.63, 3.8) is 0 Å². The van der Waals surface area contributed by atoms with Gasteiger partial charge in [0.2, 0.25) is 0 Å². The van der Waals surface area contributed by atoms with Crippen molar-refractivity contribution in [3.8, 4) is 22.8 Å². The van der Waals surface area contributed by atoms with Gasteiger partial charge in [-0.25, -0.2) is 4.68 Å². The highest BCUT2D eigenvalue weighted by molar-refractivity contribution is 6.17. The molecule has 0 aliphatic rings. The molecule has 1 aromatic heterocycles. The highest BCUT2D eigenvalue weighted by Crippen LogP contribution is 2.32. The average Bonchev–Trinajstić information content (AvgIpc) is 2.54. The molecule has 0 amide bonds. The Morgan fingerprint density at radius 2 is 2.00 bits per heavy atom. The summed E-state index contributed by atoms with van der Waals surface area (Å²) in [5, 5.41) is 4.36. The normalized spacial score (nSPS) is 10.5. The van der Waals surface area contributed by atoms with Crippen molar-refractivity contribution in [1.29, 1.82) is 0 Å². The molecule has 0 fully saturated rings. The molecule has 0 N–H and O–H groups in total. The zero-order valence-electron chi connectivity index (χ0n) is 12.2. The number of methoxy groups -OCH3 is 2. The highest BCUT2D eigenvalue weighted by Gasteiger charge is 2.13. The largest absolute Gasteiger partial charge is 0.497 e. The zero-order valence-corrected chi connectivity index (χ0v) is 13.0. The molecule has 1 aromatic carbocycles. The molecule has 0 unspecified atom stereocenters. The van der Waals surface area contributed by atoms with Crippen LogP contribution in [0.15, 0.2) is 29.1 Å². The van der Waals surface area contributed by atoms with Gasteiger partial charge in [0.05, 0.1) is 25.8 Å². The molecule has 0 radical (unpaired) electrons. The summed E-state index contributed by atoms with van der Waals surface area (Å²) < 4.78 is 12.0. The summed E-state index contributed by atoms with van der Waals surface area (Å²) in [7, 11) is 3.17. The number of ether oxygens (including phenoxy) is 2. The van der Waals surface area contributed by atoms with Gasteiger partial charge in [0.1, 0.15) is 11.5 Å². The van der Waals surface area contributed by atoms with E-state index in [1.54, 1.807) is 26.4 Å². The first-order chi connectivity index (χ1) is 10.1. The van der Waals surface area contributed by atoms with Gasteiger partial charge in [-0.2, -0.15) is 5.10 Å². The number of aryl methyl sites for hydroxylation is 1. The number of alkyl halides is 1. The van der Waals surface area contributed by atoms with E-state index in [9.17, 15) is 4.79 Å². The highest BCUT2D eigenvalue weighted by atomic mass is 35.5. The molecule has 0 bridgehead atoms. The Bertz CT molecular complexity index is 670. The summed E-state index contributed by atoms with van der Waals surface area (Å²) in [5.74, 6) is 1.47. The fourth-order valence-corrected chi connectivity index (χ4v) is 2.24. The van der Waals surface area contributed by atoms with Gasteiger partial charge in [0.15, 0.2) is 0 Å². The lowest BCUT2D eigenvalue weighted by atomic mass is 10.1. The summed E-state index contributed by atoms with van der Waals surface area (Å²) in [4.78, 5) is 12.0. The van der Waals surface area contributed by atoms with E-state index in [4.69, 9.17) is 21.1 Å². The second-order valence-corrected chi connectivity index (χ2v) is 4.64. The van der Waals surface area contributed by atoms with E-state index >= 15 is 0 Å². The van der Waals surface area contributed by atoms with Crippen LogP contribution in [0.3, 0.4) is 0 Å². The van der Waals surface area contributed by atoms with Crippen LogP contribution < -0.4 is 15.0 Å². The molecule has 5 nitrogen and oxygen atoms in total. The number of benzene rings is 1. The van der Waals surface area contributed by atoms with Crippen molar-refractivity contribution in [2.24, 2.45) is 0 Å². The smallest absolute Gasteiger partial charge is 0.271 e. The Kier molecular flexibility index (Phi) is 4.85. The molecule has 21 heavy (non-hydrogen) atoms. The molecule has 2 aromatic rings. The molecule has 0 spiro atoms. The van der Waals surface area contributed by atoms with Gasteiger partial charge in [0, 0.05) is 23.7 Å². The van der Waals surface area contributed by atoms with E-state index in [2.05, 4.69) is 5.10 Å². The minimum absolute atomic E-state index is 0.146. The average molecular weight is 309 g/mol. The maximum atomic E-state index is 12.0. The SMILES string of the molecule is CCn1nc(-c2ccc(OC)cc2OC)cc(CCl)c1=O. The predicted molar refractivity (Wildman–Crippen MR) is 82.3 cm³/mol. The van der Waals surface area contributed by atoms with E-state index in [0.717, 1.165) is 5.56 Å². The maximum absolute atomic E-state index is 12.0. The van der Waals surface area contributed by atoms with Crippen LogP contribution in [-0.4, -0.2) is 24.0 Å². The van der Waals surface area contributed by atoms with Crippen molar-refractivity contribution < 1.29 is 9.47 Å². The molecule has 0 atom stereocenters. The summed E-state index contributed by atoms with van der Waals surface area (Å²) in [6.07, 6.45) is 0. The molecule has 0 aliphatic heterocycles. The van der Waals surface area contributed by atoms with Gasteiger partial charge in [-0.05, 0) is 25.1 Å². The van der Waals surface area contributed by atoms with Crippen LogP contribution in [0.2, 0.25) is 0 Å². The minimum Gasteiger partial charge on any atom is -0.497 e. The Morgan fingerprint density at radius 1 is 1.24 bits per heavy atom. The van der Waals surface area contributed by atoms with Crippen molar-refractivity contribution in [2.45, 2.75) is 19.3 Å². The van der Waals surface area contributed by atoms with Gasteiger partial charge in [-0.3, -0.25) is 4.79 Å². The van der Waals surface area contributed by atoms with Crippen LogP contribution in [0, 0.1) is 0 Å². The number of halogens is 1. The van der Waals surface area contributed by atoms with Crippen molar-refractivity contribution in [2.75, 3.05) is 14.2 Å².